The van der Waals surface area contributed by atoms with Crippen molar-refractivity contribution in [3.05, 3.63) is 100 Å². The van der Waals surface area contributed by atoms with Gasteiger partial charge >= 0.3 is 5.76 Å². The van der Waals surface area contributed by atoms with Gasteiger partial charge in [-0.1, -0.05) is 67.0 Å². The molecule has 0 fully saturated rings. The van der Waals surface area contributed by atoms with Crippen LogP contribution in [0.1, 0.15) is 45.6 Å². The van der Waals surface area contributed by atoms with Gasteiger partial charge in [0.2, 0.25) is 0 Å². The fourth-order valence-electron chi connectivity index (χ4n) is 4.97. The number of aromatic amines is 1. The van der Waals surface area contributed by atoms with Crippen LogP contribution in [0.4, 0.5) is 5.69 Å². The molecule has 7 nitrogen and oxygen atoms in total. The molecule has 1 aliphatic rings. The number of aromatic nitrogens is 2. The van der Waals surface area contributed by atoms with Gasteiger partial charge in [-0.15, -0.1) is 0 Å². The average Bonchev–Trinajstić information content (AvgIpc) is 3.40. The molecule has 1 aromatic heterocycles. The van der Waals surface area contributed by atoms with E-state index in [1.807, 2.05) is 43.3 Å². The normalized spacial score (nSPS) is 13.5. The molecule has 200 valence electrons. The van der Waals surface area contributed by atoms with Crippen LogP contribution in [0.15, 0.2) is 98.4 Å². The summed E-state index contributed by atoms with van der Waals surface area (Å²) in [6, 6.07) is 24.7. The maximum atomic E-state index is 11.5. The summed E-state index contributed by atoms with van der Waals surface area (Å²) in [6.45, 7) is 7.77. The van der Waals surface area contributed by atoms with Crippen molar-refractivity contribution in [2.24, 2.45) is 4.99 Å². The number of benzene rings is 3. The molecule has 0 bridgehead atoms. The van der Waals surface area contributed by atoms with Gasteiger partial charge in [0, 0.05) is 23.5 Å². The van der Waals surface area contributed by atoms with Crippen molar-refractivity contribution in [3.8, 4) is 28.3 Å². The second kappa shape index (κ2) is 12.0. The van der Waals surface area contributed by atoms with Gasteiger partial charge in [0.05, 0.1) is 6.61 Å². The first-order valence-electron chi connectivity index (χ1n) is 13.6. The van der Waals surface area contributed by atoms with Gasteiger partial charge in [0.1, 0.15) is 11.6 Å². The number of nitrogens with one attached hydrogen (secondary N) is 1. The van der Waals surface area contributed by atoms with E-state index in [1.165, 1.54) is 16.8 Å². The molecule has 0 radical (unpaired) electrons. The Morgan fingerprint density at radius 1 is 0.974 bits per heavy atom. The summed E-state index contributed by atoms with van der Waals surface area (Å²) < 4.78 is 10.4. The largest absolute Gasteiger partial charge is 0.494 e. The minimum Gasteiger partial charge on any atom is -0.494 e. The highest BCUT2D eigenvalue weighted by atomic mass is 16.5. The standard InChI is InChI=1S/C32H34N4O3/c1-4-6-11-30-25(21-36(22(3)33-30)26-16-18-27(19-17-26)38-5-2)20-23-12-14-24(15-13-23)28-9-7-8-10-29(28)31-34-32(37)39-35-31/h7-10,12-19H,4-6,11,20-21H2,1-3H3,(H,34,35,37). The van der Waals surface area contributed by atoms with Crippen molar-refractivity contribution in [2.45, 2.75) is 46.5 Å². The molecule has 0 atom stereocenters. The third-order valence-corrected chi connectivity index (χ3v) is 6.98. The van der Waals surface area contributed by atoms with Gasteiger partial charge in [-0.3, -0.25) is 9.51 Å². The lowest BCUT2D eigenvalue weighted by Gasteiger charge is -2.31. The molecule has 3 aromatic carbocycles. The van der Waals surface area contributed by atoms with Crippen molar-refractivity contribution < 1.29 is 9.26 Å². The highest BCUT2D eigenvalue weighted by Gasteiger charge is 2.21. The quantitative estimate of drug-likeness (QED) is 0.242. The number of hydrogen-bond donors (Lipinski definition) is 1. The molecule has 0 amide bonds. The molecule has 0 spiro atoms. The van der Waals surface area contributed by atoms with E-state index in [4.69, 9.17) is 14.3 Å². The van der Waals surface area contributed by atoms with E-state index in [1.54, 1.807) is 0 Å². The summed E-state index contributed by atoms with van der Waals surface area (Å²) in [6.07, 6.45) is 4.08. The van der Waals surface area contributed by atoms with Gasteiger partial charge in [0.25, 0.3) is 0 Å². The lowest BCUT2D eigenvalue weighted by atomic mass is 9.95. The molecule has 5 rings (SSSR count). The van der Waals surface area contributed by atoms with E-state index in [0.29, 0.717) is 12.4 Å². The second-order valence-electron chi connectivity index (χ2n) is 9.69. The van der Waals surface area contributed by atoms with Crippen molar-refractivity contribution >= 4 is 11.5 Å². The lowest BCUT2D eigenvalue weighted by Crippen LogP contribution is -2.34. The number of H-pyrrole nitrogens is 1. The van der Waals surface area contributed by atoms with Crippen LogP contribution in [-0.2, 0) is 6.42 Å². The smallest absolute Gasteiger partial charge is 0.439 e. The summed E-state index contributed by atoms with van der Waals surface area (Å²) in [7, 11) is 0. The van der Waals surface area contributed by atoms with Gasteiger partial charge in [-0.25, -0.2) is 9.79 Å². The molecule has 4 aromatic rings. The van der Waals surface area contributed by atoms with Crippen molar-refractivity contribution in [2.75, 3.05) is 18.1 Å². The van der Waals surface area contributed by atoms with Crippen LogP contribution in [0.2, 0.25) is 0 Å². The third kappa shape index (κ3) is 6.03. The fraction of sp³-hybridized carbons (Fsp3) is 0.281. The number of hydrogen-bond acceptors (Lipinski definition) is 6. The summed E-state index contributed by atoms with van der Waals surface area (Å²) in [5, 5.41) is 3.88. The Morgan fingerprint density at radius 2 is 1.72 bits per heavy atom. The SMILES string of the molecule is CCCCC1=C(Cc2ccc(-c3ccccc3-c3noc(=O)[nH]3)cc2)CN(c2ccc(OCC)cc2)C(C)=N1. The second-order valence-corrected chi connectivity index (χ2v) is 9.69. The molecular formula is C32H34N4O3. The topological polar surface area (TPSA) is 83.7 Å². The van der Waals surface area contributed by atoms with Crippen LogP contribution in [0.25, 0.3) is 22.5 Å². The van der Waals surface area contributed by atoms with Crippen LogP contribution in [0, 0.1) is 0 Å². The molecule has 0 aliphatic carbocycles. The van der Waals surface area contributed by atoms with Crippen molar-refractivity contribution in [1.82, 2.24) is 10.1 Å². The number of ether oxygens (including phenoxy) is 1. The molecule has 39 heavy (non-hydrogen) atoms. The molecular weight excluding hydrogens is 488 g/mol. The Kier molecular flexibility index (Phi) is 8.06. The van der Waals surface area contributed by atoms with E-state index in [2.05, 4.69) is 65.3 Å². The Morgan fingerprint density at radius 3 is 2.38 bits per heavy atom. The average molecular weight is 523 g/mol. The van der Waals surface area contributed by atoms with E-state index < -0.39 is 5.76 Å². The van der Waals surface area contributed by atoms with Crippen LogP contribution >= 0.6 is 0 Å². The molecule has 1 aliphatic heterocycles. The maximum absolute atomic E-state index is 11.5. The summed E-state index contributed by atoms with van der Waals surface area (Å²) >= 11 is 0. The predicted octanol–water partition coefficient (Wildman–Crippen LogP) is 7.02. The minimum absolute atomic E-state index is 0.426. The van der Waals surface area contributed by atoms with E-state index in [-0.39, 0.29) is 0 Å². The zero-order valence-electron chi connectivity index (χ0n) is 22.7. The zero-order valence-corrected chi connectivity index (χ0v) is 22.7. The fourth-order valence-corrected chi connectivity index (χ4v) is 4.97. The van der Waals surface area contributed by atoms with Crippen molar-refractivity contribution in [3.63, 3.8) is 0 Å². The number of nitrogens with zero attached hydrogens (tertiary/aromatic N) is 3. The van der Waals surface area contributed by atoms with Gasteiger partial charge in [0.15, 0.2) is 5.82 Å². The van der Waals surface area contributed by atoms with Crippen molar-refractivity contribution in [1.29, 1.82) is 0 Å². The monoisotopic (exact) mass is 522 g/mol. The Bertz CT molecular complexity index is 1530. The number of rotatable bonds is 10. The first kappa shape index (κ1) is 26.2. The Balaban J connectivity index is 1.40. The Hall–Kier alpha value is -4.39. The molecule has 0 unspecified atom stereocenters. The van der Waals surface area contributed by atoms with Crippen LogP contribution in [0.3, 0.4) is 0 Å². The molecule has 0 saturated carbocycles. The number of anilines is 1. The summed E-state index contributed by atoms with van der Waals surface area (Å²) in [4.78, 5) is 21.5. The number of amidine groups is 1. The van der Waals surface area contributed by atoms with Gasteiger partial charge < -0.3 is 9.64 Å². The first-order chi connectivity index (χ1) is 19.1. The summed E-state index contributed by atoms with van der Waals surface area (Å²) in [5.41, 5.74) is 7.75. The number of allylic oxidation sites excluding steroid dienone is 1. The first-order valence-corrected chi connectivity index (χ1v) is 13.6. The predicted molar refractivity (Wildman–Crippen MR) is 156 cm³/mol. The van der Waals surface area contributed by atoms with Crippen LogP contribution in [-0.4, -0.2) is 29.1 Å². The van der Waals surface area contributed by atoms with E-state index in [9.17, 15) is 4.79 Å². The van der Waals surface area contributed by atoms with Gasteiger partial charge in [-0.2, -0.15) is 0 Å². The van der Waals surface area contributed by atoms with E-state index >= 15 is 0 Å². The van der Waals surface area contributed by atoms with E-state index in [0.717, 1.165) is 66.2 Å². The van der Waals surface area contributed by atoms with Crippen LogP contribution < -0.4 is 15.4 Å². The molecule has 2 heterocycles. The highest BCUT2D eigenvalue weighted by Crippen LogP contribution is 2.32. The summed E-state index contributed by atoms with van der Waals surface area (Å²) in [5.74, 6) is 1.76. The zero-order chi connectivity index (χ0) is 27.2. The lowest BCUT2D eigenvalue weighted by molar-refractivity contribution is 0.340. The molecule has 0 saturated heterocycles. The number of aliphatic imine (C=N–C) groups is 1. The highest BCUT2D eigenvalue weighted by molar-refractivity contribution is 5.98. The third-order valence-electron chi connectivity index (χ3n) is 6.98. The molecule has 7 heteroatoms. The van der Waals surface area contributed by atoms with Gasteiger partial charge in [-0.05, 0) is 79.6 Å². The minimum atomic E-state index is -0.563. The Labute approximate surface area is 228 Å². The molecule has 1 N–H and O–H groups in total. The maximum Gasteiger partial charge on any atom is 0.439 e. The van der Waals surface area contributed by atoms with Crippen LogP contribution in [0.5, 0.6) is 5.75 Å². The number of unbranched alkanes of at least 4 members (excludes halogenated alkanes) is 1.